The van der Waals surface area contributed by atoms with Gasteiger partial charge < -0.3 is 10.1 Å². The van der Waals surface area contributed by atoms with Gasteiger partial charge in [-0.05, 0) is 26.2 Å². The minimum atomic E-state index is -0.532. The van der Waals surface area contributed by atoms with Crippen LogP contribution in [0.25, 0.3) is 5.78 Å². The number of hydrogen-bond donors (Lipinski definition) is 1. The van der Waals surface area contributed by atoms with Gasteiger partial charge in [0.15, 0.2) is 0 Å². The number of nitrogens with zero attached hydrogens (tertiary/aromatic N) is 5. The number of ether oxygens (including phenoxy) is 1. The van der Waals surface area contributed by atoms with Gasteiger partial charge in [0.25, 0.3) is 11.5 Å². The Kier molecular flexibility index (Phi) is 5.45. The molecule has 0 bridgehead atoms. The number of anilines is 1. The van der Waals surface area contributed by atoms with E-state index < -0.39 is 4.92 Å². The maximum absolute atomic E-state index is 12.6. The lowest BCUT2D eigenvalue weighted by molar-refractivity contribution is -0.384. The number of hydrogen-bond acceptors (Lipinski definition) is 8. The second kappa shape index (κ2) is 7.80. The van der Waals surface area contributed by atoms with Gasteiger partial charge in [0.05, 0.1) is 24.1 Å². The second-order valence-corrected chi connectivity index (χ2v) is 6.71. The van der Waals surface area contributed by atoms with Gasteiger partial charge in [0.2, 0.25) is 11.1 Å². The highest BCUT2D eigenvalue weighted by atomic mass is 32.2. The van der Waals surface area contributed by atoms with E-state index in [0.29, 0.717) is 27.9 Å². The van der Waals surface area contributed by atoms with Gasteiger partial charge in [-0.25, -0.2) is 9.50 Å². The number of carbonyl (C=O) groups is 1. The molecule has 28 heavy (non-hydrogen) atoms. The summed E-state index contributed by atoms with van der Waals surface area (Å²) in [7, 11) is 1.43. The quantitative estimate of drug-likeness (QED) is 0.379. The van der Waals surface area contributed by atoms with Crippen LogP contribution in [0.4, 0.5) is 11.4 Å². The van der Waals surface area contributed by atoms with Crippen molar-refractivity contribution in [2.45, 2.75) is 25.4 Å². The zero-order valence-corrected chi connectivity index (χ0v) is 16.5. The van der Waals surface area contributed by atoms with Gasteiger partial charge in [-0.15, -0.1) is 5.10 Å². The zero-order valence-electron chi connectivity index (χ0n) is 15.7. The number of carbonyl (C=O) groups excluding carboxylic acids is 1. The first-order valence-electron chi connectivity index (χ1n) is 8.23. The third-order valence-electron chi connectivity index (χ3n) is 4.22. The first kappa shape index (κ1) is 19.5. The molecule has 0 spiro atoms. The van der Waals surface area contributed by atoms with Crippen molar-refractivity contribution in [3.63, 3.8) is 0 Å². The van der Waals surface area contributed by atoms with Crippen LogP contribution in [0.15, 0.2) is 23.4 Å². The number of benzene rings is 1. The van der Waals surface area contributed by atoms with Crippen molar-refractivity contribution in [1.29, 1.82) is 0 Å². The zero-order chi connectivity index (χ0) is 20.4. The summed E-state index contributed by atoms with van der Waals surface area (Å²) in [4.78, 5) is 31.8. The number of thioether (sulfide) groups is 1. The third-order valence-corrected chi connectivity index (χ3v) is 4.76. The van der Waals surface area contributed by atoms with E-state index in [-0.39, 0.29) is 23.7 Å². The first-order chi connectivity index (χ1) is 13.3. The van der Waals surface area contributed by atoms with E-state index in [4.69, 9.17) is 4.74 Å². The van der Waals surface area contributed by atoms with Crippen molar-refractivity contribution in [2.24, 2.45) is 0 Å². The van der Waals surface area contributed by atoms with Crippen LogP contribution in [-0.4, -0.2) is 43.8 Å². The number of non-ortho nitro benzene ring substituents is 1. The molecule has 2 heterocycles. The van der Waals surface area contributed by atoms with Gasteiger partial charge in [0, 0.05) is 29.1 Å². The number of amides is 1. The molecule has 0 atom stereocenters. The Morgan fingerprint density at radius 1 is 1.36 bits per heavy atom. The van der Waals surface area contributed by atoms with E-state index in [2.05, 4.69) is 20.4 Å². The minimum Gasteiger partial charge on any atom is -0.495 e. The van der Waals surface area contributed by atoms with Crippen molar-refractivity contribution < 1.29 is 14.5 Å². The lowest BCUT2D eigenvalue weighted by Gasteiger charge is -2.12. The molecule has 0 aliphatic rings. The molecular weight excluding hydrogens is 384 g/mol. The molecule has 0 radical (unpaired) electrons. The number of aromatic nitrogens is 4. The van der Waals surface area contributed by atoms with E-state index in [1.165, 1.54) is 37.1 Å². The Labute approximate surface area is 164 Å². The maximum atomic E-state index is 12.6. The molecule has 3 rings (SSSR count). The minimum absolute atomic E-state index is 0.0287. The summed E-state index contributed by atoms with van der Waals surface area (Å²) >= 11 is 1.41. The van der Waals surface area contributed by atoms with Crippen LogP contribution in [-0.2, 0) is 11.2 Å². The molecule has 3 aromatic rings. The number of nitro groups is 1. The Bertz CT molecular complexity index is 1080. The van der Waals surface area contributed by atoms with Crippen molar-refractivity contribution in [2.75, 3.05) is 18.7 Å². The fourth-order valence-electron chi connectivity index (χ4n) is 2.79. The third kappa shape index (κ3) is 3.74. The normalized spacial score (nSPS) is 10.9. The Balaban J connectivity index is 1.89. The van der Waals surface area contributed by atoms with E-state index in [0.717, 1.165) is 5.69 Å². The average Bonchev–Trinajstić information content (AvgIpc) is 3.08. The molecule has 0 aliphatic carbocycles. The number of fused-ring (bicyclic) bond motifs is 1. The lowest BCUT2D eigenvalue weighted by atomic mass is 10.1. The van der Waals surface area contributed by atoms with Gasteiger partial charge in [-0.1, -0.05) is 11.8 Å². The van der Waals surface area contributed by atoms with Crippen LogP contribution < -0.4 is 10.1 Å². The van der Waals surface area contributed by atoms with Crippen LogP contribution in [0.5, 0.6) is 5.75 Å². The second-order valence-electron chi connectivity index (χ2n) is 5.94. The Hall–Kier alpha value is -3.21. The summed E-state index contributed by atoms with van der Waals surface area (Å²) in [6.07, 6.45) is 1.90. The van der Waals surface area contributed by atoms with Crippen molar-refractivity contribution in [1.82, 2.24) is 19.6 Å². The summed E-state index contributed by atoms with van der Waals surface area (Å²) in [6.45, 7) is 3.65. The van der Waals surface area contributed by atoms with Gasteiger partial charge >= 0.3 is 0 Å². The Morgan fingerprint density at radius 3 is 2.75 bits per heavy atom. The van der Waals surface area contributed by atoms with Gasteiger partial charge in [0.1, 0.15) is 5.75 Å². The predicted molar refractivity (Wildman–Crippen MR) is 104 cm³/mol. The number of nitro benzene ring substituents is 1. The maximum Gasteiger partial charge on any atom is 0.271 e. The molecule has 10 nitrogen and oxygen atoms in total. The molecule has 1 amide bonds. The summed E-state index contributed by atoms with van der Waals surface area (Å²) in [6, 6.07) is 4.02. The highest BCUT2D eigenvalue weighted by Crippen LogP contribution is 2.29. The number of methoxy groups -OCH3 is 1. The van der Waals surface area contributed by atoms with E-state index in [9.17, 15) is 14.9 Å². The van der Waals surface area contributed by atoms with E-state index in [1.807, 2.05) is 13.2 Å². The smallest absolute Gasteiger partial charge is 0.271 e. The molecule has 0 aliphatic heterocycles. The van der Waals surface area contributed by atoms with Crippen molar-refractivity contribution in [3.8, 4) is 5.75 Å². The molecule has 0 fully saturated rings. The molecule has 0 saturated carbocycles. The molecule has 11 heteroatoms. The highest BCUT2D eigenvalue weighted by molar-refractivity contribution is 7.98. The number of nitrogens with one attached hydrogen (secondary N) is 1. The number of aryl methyl sites for hydroxylation is 2. The molecule has 0 unspecified atom stereocenters. The topological polar surface area (TPSA) is 125 Å². The monoisotopic (exact) mass is 402 g/mol. The van der Waals surface area contributed by atoms with Crippen molar-refractivity contribution >= 4 is 34.8 Å². The predicted octanol–water partition coefficient (Wildman–Crippen LogP) is 2.56. The SMILES string of the molecule is COc1ccc([N+](=O)[O-])cc1NC(=O)Cc1c(C)nc2nc(SC)nn2c1C. The van der Waals surface area contributed by atoms with Gasteiger partial charge in [-0.3, -0.25) is 14.9 Å². The van der Waals surface area contributed by atoms with Gasteiger partial charge in [-0.2, -0.15) is 4.98 Å². The number of rotatable bonds is 6. The summed E-state index contributed by atoms with van der Waals surface area (Å²) in [5.74, 6) is 0.460. The molecule has 146 valence electrons. The summed E-state index contributed by atoms with van der Waals surface area (Å²) in [5.41, 5.74) is 2.24. The fourth-order valence-corrected chi connectivity index (χ4v) is 3.13. The molecular formula is C17H18N6O4S. The standard InChI is InChI=1S/C17H18N6O4S/c1-9-12(10(2)22-16(18-9)20-17(21-22)28-4)8-15(24)19-13-7-11(23(25)26)5-6-14(13)27-3/h5-7H,8H2,1-4H3,(H,19,24). The van der Waals surface area contributed by atoms with Crippen LogP contribution in [0.3, 0.4) is 0 Å². The van der Waals surface area contributed by atoms with Crippen molar-refractivity contribution in [3.05, 3.63) is 45.3 Å². The van der Waals surface area contributed by atoms with Crippen LogP contribution in [0, 0.1) is 24.0 Å². The van der Waals surface area contributed by atoms with Crippen LogP contribution in [0.2, 0.25) is 0 Å². The lowest BCUT2D eigenvalue weighted by Crippen LogP contribution is -2.18. The summed E-state index contributed by atoms with van der Waals surface area (Å²) < 4.78 is 6.78. The largest absolute Gasteiger partial charge is 0.495 e. The molecule has 2 aromatic heterocycles. The summed E-state index contributed by atoms with van der Waals surface area (Å²) in [5, 5.41) is 18.6. The highest BCUT2D eigenvalue weighted by Gasteiger charge is 2.18. The molecule has 1 aromatic carbocycles. The Morgan fingerprint density at radius 2 is 2.11 bits per heavy atom. The first-order valence-corrected chi connectivity index (χ1v) is 9.45. The van der Waals surface area contributed by atoms with Crippen LogP contribution in [0.1, 0.15) is 17.0 Å². The van der Waals surface area contributed by atoms with E-state index in [1.54, 1.807) is 11.4 Å². The average molecular weight is 402 g/mol. The fraction of sp³-hybridized carbons (Fsp3) is 0.294. The van der Waals surface area contributed by atoms with Crippen LogP contribution >= 0.6 is 11.8 Å². The molecule has 0 saturated heterocycles. The molecule has 1 N–H and O–H groups in total. The van der Waals surface area contributed by atoms with E-state index >= 15 is 0 Å².